The van der Waals surface area contributed by atoms with Crippen LogP contribution in [0, 0.1) is 13.8 Å². The number of benzene rings is 3. The van der Waals surface area contributed by atoms with Gasteiger partial charge in [-0.2, -0.15) is 0 Å². The number of halogens is 1. The van der Waals surface area contributed by atoms with Gasteiger partial charge in [-0.15, -0.1) is 0 Å². The Morgan fingerprint density at radius 2 is 1.51 bits per heavy atom. The molecule has 0 saturated heterocycles. The van der Waals surface area contributed by atoms with Gasteiger partial charge >= 0.3 is 5.97 Å². The Morgan fingerprint density at radius 1 is 0.854 bits per heavy atom. The Labute approximate surface area is 243 Å². The smallest absolute Gasteiger partial charge is 0.338 e. The molecule has 8 nitrogen and oxygen atoms in total. The molecule has 2 N–H and O–H groups in total. The molecule has 0 aromatic heterocycles. The average molecular weight is 572 g/mol. The normalized spacial score (nSPS) is 15.7. The molecule has 1 saturated carbocycles. The van der Waals surface area contributed by atoms with Crippen LogP contribution >= 0.6 is 11.6 Å². The van der Waals surface area contributed by atoms with Gasteiger partial charge in [-0.25, -0.2) is 9.69 Å². The molecule has 41 heavy (non-hydrogen) atoms. The summed E-state index contributed by atoms with van der Waals surface area (Å²) in [7, 11) is 0. The highest BCUT2D eigenvalue weighted by Crippen LogP contribution is 2.31. The number of hydrogen-bond acceptors (Lipinski definition) is 6. The predicted molar refractivity (Wildman–Crippen MR) is 158 cm³/mol. The number of amides is 3. The first-order valence-corrected chi connectivity index (χ1v) is 13.9. The molecule has 9 heteroatoms. The van der Waals surface area contributed by atoms with Crippen LogP contribution in [0.2, 0.25) is 0 Å². The van der Waals surface area contributed by atoms with Gasteiger partial charge in [0.1, 0.15) is 16.8 Å². The Balaban J connectivity index is 1.26. The van der Waals surface area contributed by atoms with Crippen molar-refractivity contribution in [2.24, 2.45) is 0 Å². The molecule has 3 aromatic rings. The van der Waals surface area contributed by atoms with Gasteiger partial charge in [0.2, 0.25) is 0 Å². The number of esters is 1. The van der Waals surface area contributed by atoms with Gasteiger partial charge < -0.3 is 15.4 Å². The molecule has 1 heterocycles. The van der Waals surface area contributed by atoms with Crippen molar-refractivity contribution in [2.45, 2.75) is 52.1 Å². The fraction of sp³-hybridized carbons (Fsp3) is 0.250. The van der Waals surface area contributed by atoms with E-state index in [1.165, 1.54) is 6.42 Å². The minimum atomic E-state index is -0.624. The van der Waals surface area contributed by atoms with E-state index < -0.39 is 11.8 Å². The number of carbonyl (C=O) groups excluding carboxylic acids is 4. The Kier molecular flexibility index (Phi) is 8.21. The van der Waals surface area contributed by atoms with E-state index in [0.29, 0.717) is 28.2 Å². The van der Waals surface area contributed by atoms with Crippen LogP contribution in [0.1, 0.15) is 63.9 Å². The Bertz CT molecular complexity index is 1540. The van der Waals surface area contributed by atoms with Crippen molar-refractivity contribution in [3.63, 3.8) is 0 Å². The summed E-state index contributed by atoms with van der Waals surface area (Å²) in [6, 6.07) is 18.5. The van der Waals surface area contributed by atoms with E-state index in [2.05, 4.69) is 10.6 Å². The van der Waals surface area contributed by atoms with E-state index in [0.717, 1.165) is 41.7 Å². The molecule has 0 bridgehead atoms. The maximum Gasteiger partial charge on any atom is 0.338 e. The quantitative estimate of drug-likeness (QED) is 0.248. The van der Waals surface area contributed by atoms with E-state index in [4.69, 9.17) is 16.3 Å². The molecule has 3 amide bonds. The number of aryl methyl sites for hydroxylation is 2. The molecule has 2 aliphatic rings. The lowest BCUT2D eigenvalue weighted by molar-refractivity contribution is -0.120. The zero-order valence-electron chi connectivity index (χ0n) is 22.8. The fourth-order valence-electron chi connectivity index (χ4n) is 4.87. The number of imide groups is 1. The summed E-state index contributed by atoms with van der Waals surface area (Å²) in [5.41, 5.74) is 3.80. The Morgan fingerprint density at radius 3 is 2.20 bits per heavy atom. The lowest BCUT2D eigenvalue weighted by atomic mass is 9.98. The van der Waals surface area contributed by atoms with Crippen molar-refractivity contribution >= 4 is 52.4 Å². The molecule has 3 aromatic carbocycles. The molecule has 1 aliphatic heterocycles. The van der Waals surface area contributed by atoms with Crippen molar-refractivity contribution in [3.8, 4) is 0 Å². The Hall–Kier alpha value is -4.43. The first kappa shape index (κ1) is 28.1. The topological polar surface area (TPSA) is 105 Å². The van der Waals surface area contributed by atoms with Crippen LogP contribution in [-0.4, -0.2) is 29.8 Å². The van der Waals surface area contributed by atoms with Crippen LogP contribution in [0.4, 0.5) is 17.1 Å². The minimum absolute atomic E-state index is 0.0334. The van der Waals surface area contributed by atoms with Crippen LogP contribution in [-0.2, 0) is 14.3 Å². The van der Waals surface area contributed by atoms with Gasteiger partial charge in [-0.05, 0) is 93.6 Å². The molecule has 0 unspecified atom stereocenters. The van der Waals surface area contributed by atoms with E-state index in [-0.39, 0.29) is 28.7 Å². The zero-order valence-corrected chi connectivity index (χ0v) is 23.6. The highest BCUT2D eigenvalue weighted by Gasteiger charge is 2.39. The number of nitrogens with one attached hydrogen (secondary N) is 2. The monoisotopic (exact) mass is 571 g/mol. The number of anilines is 3. The van der Waals surface area contributed by atoms with Crippen LogP contribution in [0.3, 0.4) is 0 Å². The van der Waals surface area contributed by atoms with Crippen molar-refractivity contribution in [1.82, 2.24) is 0 Å². The van der Waals surface area contributed by atoms with Gasteiger partial charge in [0, 0.05) is 16.9 Å². The summed E-state index contributed by atoms with van der Waals surface area (Å²) >= 11 is 6.29. The molecular formula is C32H30ClN3O5. The lowest BCUT2D eigenvalue weighted by Crippen LogP contribution is -2.32. The van der Waals surface area contributed by atoms with Gasteiger partial charge in [0.25, 0.3) is 17.7 Å². The van der Waals surface area contributed by atoms with Crippen LogP contribution in [0.25, 0.3) is 0 Å². The molecule has 5 rings (SSSR count). The summed E-state index contributed by atoms with van der Waals surface area (Å²) in [6.07, 6.45) is 5.08. The summed E-state index contributed by atoms with van der Waals surface area (Å²) < 4.78 is 5.61. The molecule has 1 aliphatic carbocycles. The zero-order chi connectivity index (χ0) is 29.1. The van der Waals surface area contributed by atoms with E-state index in [1.807, 2.05) is 13.8 Å². The third-order valence-corrected chi connectivity index (χ3v) is 7.63. The second-order valence-corrected chi connectivity index (χ2v) is 10.7. The number of hydrogen-bond donors (Lipinski definition) is 2. The predicted octanol–water partition coefficient (Wildman–Crippen LogP) is 6.48. The van der Waals surface area contributed by atoms with Crippen LogP contribution < -0.4 is 15.5 Å². The van der Waals surface area contributed by atoms with Gasteiger partial charge in [-0.3, -0.25) is 14.4 Å². The number of ether oxygens (including phenoxy) is 1. The third kappa shape index (κ3) is 6.18. The van der Waals surface area contributed by atoms with Crippen LogP contribution in [0.15, 0.2) is 77.5 Å². The maximum atomic E-state index is 13.2. The van der Waals surface area contributed by atoms with Crippen LogP contribution in [0.5, 0.6) is 0 Å². The van der Waals surface area contributed by atoms with Crippen molar-refractivity contribution in [3.05, 3.63) is 99.7 Å². The second kappa shape index (κ2) is 12.0. The maximum absolute atomic E-state index is 13.2. The fourth-order valence-corrected chi connectivity index (χ4v) is 5.08. The summed E-state index contributed by atoms with van der Waals surface area (Å²) in [6.45, 7) is 3.72. The van der Waals surface area contributed by atoms with Crippen molar-refractivity contribution in [2.75, 3.05) is 15.5 Å². The summed E-state index contributed by atoms with van der Waals surface area (Å²) in [5.74, 6) is -1.96. The van der Waals surface area contributed by atoms with Gasteiger partial charge in [0.05, 0.1) is 11.3 Å². The lowest BCUT2D eigenvalue weighted by Gasteiger charge is -2.21. The standard InChI is InChI=1S/C32H30ClN3O5/c1-19-8-16-24(17-9-19)36-30(38)27(33)28(31(36)39)35-26-18-22(11-10-20(26)2)29(37)34-23-14-12-21(13-15-23)32(40)41-25-6-4-3-5-7-25/h8-18,25,35H,3-7H2,1-2H3,(H,34,37). The summed E-state index contributed by atoms with van der Waals surface area (Å²) in [5, 5.41) is 5.55. The molecular weight excluding hydrogens is 542 g/mol. The minimum Gasteiger partial charge on any atom is -0.459 e. The van der Waals surface area contributed by atoms with Gasteiger partial charge in [0.15, 0.2) is 0 Å². The average Bonchev–Trinajstić information content (AvgIpc) is 3.18. The number of nitrogens with zero attached hydrogens (tertiary/aromatic N) is 1. The van der Waals surface area contributed by atoms with E-state index >= 15 is 0 Å². The highest BCUT2D eigenvalue weighted by molar-refractivity contribution is 6.53. The first-order valence-electron chi connectivity index (χ1n) is 13.6. The summed E-state index contributed by atoms with van der Waals surface area (Å²) in [4.78, 5) is 52.5. The number of rotatable bonds is 7. The molecule has 210 valence electrons. The highest BCUT2D eigenvalue weighted by atomic mass is 35.5. The SMILES string of the molecule is Cc1ccc(N2C(=O)C(Cl)=C(Nc3cc(C(=O)Nc4ccc(C(=O)OC5CCCCC5)cc4)ccc3C)C2=O)cc1. The largest absolute Gasteiger partial charge is 0.459 e. The molecule has 1 fully saturated rings. The molecule has 0 spiro atoms. The van der Waals surface area contributed by atoms with Crippen molar-refractivity contribution < 1.29 is 23.9 Å². The van der Waals surface area contributed by atoms with Gasteiger partial charge in [-0.1, -0.05) is 41.8 Å². The number of carbonyl (C=O) groups is 4. The van der Waals surface area contributed by atoms with E-state index in [9.17, 15) is 19.2 Å². The van der Waals surface area contributed by atoms with Crippen molar-refractivity contribution in [1.29, 1.82) is 0 Å². The third-order valence-electron chi connectivity index (χ3n) is 7.28. The first-order chi connectivity index (χ1) is 19.7. The molecule has 0 radical (unpaired) electrons. The molecule has 0 atom stereocenters. The van der Waals surface area contributed by atoms with E-state index in [1.54, 1.807) is 66.7 Å². The second-order valence-electron chi connectivity index (χ2n) is 10.3.